The van der Waals surface area contributed by atoms with Gasteiger partial charge in [0.15, 0.2) is 9.84 Å². The molecule has 1 fully saturated rings. The molecule has 116 valence electrons. The van der Waals surface area contributed by atoms with E-state index in [0.29, 0.717) is 12.0 Å². The maximum Gasteiger partial charge on any atom is 0.251 e. The Morgan fingerprint density at radius 3 is 2.52 bits per heavy atom. The van der Waals surface area contributed by atoms with Crippen molar-refractivity contribution in [2.75, 3.05) is 30.0 Å². The number of benzene rings is 1. The Morgan fingerprint density at radius 1 is 1.33 bits per heavy atom. The van der Waals surface area contributed by atoms with Crippen molar-refractivity contribution < 1.29 is 13.2 Å². The van der Waals surface area contributed by atoms with Gasteiger partial charge in [-0.05, 0) is 37.1 Å². The fourth-order valence-corrected chi connectivity index (χ4v) is 4.18. The highest BCUT2D eigenvalue weighted by Gasteiger charge is 2.29. The Balaban J connectivity index is 1.97. The normalized spacial score (nSPS) is 20.2. The standard InChI is InChI=1S/C15H22N2O3S/c1-3-9-17(2)14-6-4-12(5-7-14)15(18)16-13-8-10-21(19,20)11-13/h4-7,13H,3,8-11H2,1-2H3,(H,16,18)/t13-/m0/s1. The predicted molar refractivity (Wildman–Crippen MR) is 84.5 cm³/mol. The molecule has 0 aliphatic carbocycles. The van der Waals surface area contributed by atoms with Gasteiger partial charge >= 0.3 is 0 Å². The van der Waals surface area contributed by atoms with Crippen LogP contribution in [0.15, 0.2) is 24.3 Å². The zero-order valence-corrected chi connectivity index (χ0v) is 13.3. The summed E-state index contributed by atoms with van der Waals surface area (Å²) in [6.45, 7) is 3.08. The highest BCUT2D eigenvalue weighted by molar-refractivity contribution is 7.91. The first kappa shape index (κ1) is 15.8. The van der Waals surface area contributed by atoms with Gasteiger partial charge < -0.3 is 10.2 Å². The lowest BCUT2D eigenvalue weighted by atomic mass is 10.1. The van der Waals surface area contributed by atoms with E-state index in [0.717, 1.165) is 18.7 Å². The number of hydrogen-bond acceptors (Lipinski definition) is 4. The Morgan fingerprint density at radius 2 is 2.00 bits per heavy atom. The molecule has 2 rings (SSSR count). The van der Waals surface area contributed by atoms with Crippen molar-refractivity contribution >= 4 is 21.4 Å². The van der Waals surface area contributed by atoms with Gasteiger partial charge in [-0.1, -0.05) is 6.92 Å². The minimum absolute atomic E-state index is 0.0516. The molecule has 1 amide bonds. The summed E-state index contributed by atoms with van der Waals surface area (Å²) in [6, 6.07) is 7.12. The monoisotopic (exact) mass is 310 g/mol. The fourth-order valence-electron chi connectivity index (χ4n) is 2.51. The molecule has 0 unspecified atom stereocenters. The molecule has 21 heavy (non-hydrogen) atoms. The van der Waals surface area contributed by atoms with Crippen LogP contribution in [0.1, 0.15) is 30.1 Å². The van der Waals surface area contributed by atoms with Crippen LogP contribution in [-0.2, 0) is 9.84 Å². The van der Waals surface area contributed by atoms with Crippen molar-refractivity contribution in [3.05, 3.63) is 29.8 Å². The molecule has 1 aromatic rings. The fraction of sp³-hybridized carbons (Fsp3) is 0.533. The number of amides is 1. The van der Waals surface area contributed by atoms with Crippen LogP contribution >= 0.6 is 0 Å². The van der Waals surface area contributed by atoms with Crippen molar-refractivity contribution in [3.63, 3.8) is 0 Å². The second-order valence-electron chi connectivity index (χ2n) is 5.54. The molecule has 6 heteroatoms. The molecule has 1 aromatic carbocycles. The van der Waals surface area contributed by atoms with Gasteiger partial charge in [0.25, 0.3) is 5.91 Å². The number of anilines is 1. The molecule has 0 aromatic heterocycles. The average molecular weight is 310 g/mol. The van der Waals surface area contributed by atoms with Gasteiger partial charge in [0.05, 0.1) is 11.5 Å². The minimum Gasteiger partial charge on any atom is -0.375 e. The molecular weight excluding hydrogens is 288 g/mol. The Kier molecular flexibility index (Phi) is 4.88. The smallest absolute Gasteiger partial charge is 0.251 e. The SMILES string of the molecule is CCCN(C)c1ccc(C(=O)N[C@H]2CCS(=O)(=O)C2)cc1. The summed E-state index contributed by atoms with van der Waals surface area (Å²) in [6.07, 6.45) is 1.57. The van der Waals surface area contributed by atoms with Crippen molar-refractivity contribution in [1.82, 2.24) is 5.32 Å². The molecule has 0 bridgehead atoms. The topological polar surface area (TPSA) is 66.5 Å². The quantitative estimate of drug-likeness (QED) is 0.894. The van der Waals surface area contributed by atoms with E-state index in [1.807, 2.05) is 19.2 Å². The number of hydrogen-bond donors (Lipinski definition) is 1. The summed E-state index contributed by atoms with van der Waals surface area (Å²) in [5.41, 5.74) is 1.63. The van der Waals surface area contributed by atoms with Gasteiger partial charge in [0.2, 0.25) is 0 Å². The third kappa shape index (κ3) is 4.20. The minimum atomic E-state index is -2.97. The van der Waals surface area contributed by atoms with Crippen LogP contribution in [0.5, 0.6) is 0 Å². The van der Waals surface area contributed by atoms with Crippen LogP contribution in [0, 0.1) is 0 Å². The first-order chi connectivity index (χ1) is 9.91. The van der Waals surface area contributed by atoms with Crippen molar-refractivity contribution in [1.29, 1.82) is 0 Å². The van der Waals surface area contributed by atoms with Crippen LogP contribution in [0.25, 0.3) is 0 Å². The van der Waals surface area contributed by atoms with Crippen LogP contribution < -0.4 is 10.2 Å². The van der Waals surface area contributed by atoms with E-state index in [1.54, 1.807) is 12.1 Å². The van der Waals surface area contributed by atoms with Gasteiger partial charge in [0.1, 0.15) is 0 Å². The number of carbonyl (C=O) groups is 1. The summed E-state index contributed by atoms with van der Waals surface area (Å²) < 4.78 is 22.8. The molecule has 1 heterocycles. The number of nitrogens with zero attached hydrogens (tertiary/aromatic N) is 1. The molecular formula is C15H22N2O3S. The number of carbonyl (C=O) groups excluding carboxylic acids is 1. The van der Waals surface area contributed by atoms with Gasteiger partial charge in [0, 0.05) is 30.9 Å². The second-order valence-corrected chi connectivity index (χ2v) is 7.77. The van der Waals surface area contributed by atoms with Crippen LogP contribution in [0.3, 0.4) is 0 Å². The molecule has 1 aliphatic heterocycles. The number of rotatable bonds is 5. The average Bonchev–Trinajstić information content (AvgIpc) is 2.78. The Labute approximate surface area is 126 Å². The Bertz CT molecular complexity index is 596. The van der Waals surface area contributed by atoms with E-state index >= 15 is 0 Å². The van der Waals surface area contributed by atoms with E-state index in [2.05, 4.69) is 17.1 Å². The lowest BCUT2D eigenvalue weighted by Crippen LogP contribution is -2.35. The second kappa shape index (κ2) is 6.47. The summed E-state index contributed by atoms with van der Waals surface area (Å²) in [7, 11) is -0.953. The molecule has 1 saturated heterocycles. The van der Waals surface area contributed by atoms with E-state index in [4.69, 9.17) is 0 Å². The first-order valence-electron chi connectivity index (χ1n) is 7.24. The zero-order chi connectivity index (χ0) is 15.5. The molecule has 0 radical (unpaired) electrons. The van der Waals surface area contributed by atoms with Gasteiger partial charge in [-0.25, -0.2) is 8.42 Å². The third-order valence-electron chi connectivity index (χ3n) is 3.70. The van der Waals surface area contributed by atoms with Crippen LogP contribution in [0.2, 0.25) is 0 Å². The lowest BCUT2D eigenvalue weighted by Gasteiger charge is -2.18. The van der Waals surface area contributed by atoms with Gasteiger partial charge in [-0.2, -0.15) is 0 Å². The molecule has 1 aliphatic rings. The highest BCUT2D eigenvalue weighted by atomic mass is 32.2. The maximum atomic E-state index is 12.1. The number of nitrogens with one attached hydrogen (secondary N) is 1. The molecule has 0 saturated carbocycles. The van der Waals surface area contributed by atoms with E-state index < -0.39 is 9.84 Å². The predicted octanol–water partition coefficient (Wildman–Crippen LogP) is 1.45. The van der Waals surface area contributed by atoms with E-state index in [9.17, 15) is 13.2 Å². The van der Waals surface area contributed by atoms with Crippen LogP contribution in [-0.4, -0.2) is 45.5 Å². The number of sulfone groups is 1. The van der Waals surface area contributed by atoms with Crippen LogP contribution in [0.4, 0.5) is 5.69 Å². The third-order valence-corrected chi connectivity index (χ3v) is 5.46. The molecule has 5 nitrogen and oxygen atoms in total. The maximum absolute atomic E-state index is 12.1. The summed E-state index contributed by atoms with van der Waals surface area (Å²) in [5, 5.41) is 2.79. The lowest BCUT2D eigenvalue weighted by molar-refractivity contribution is 0.0941. The van der Waals surface area contributed by atoms with E-state index in [1.165, 1.54) is 0 Å². The summed E-state index contributed by atoms with van der Waals surface area (Å²) in [5.74, 6) is 0.0104. The van der Waals surface area contributed by atoms with Crippen molar-refractivity contribution in [2.24, 2.45) is 0 Å². The summed E-state index contributed by atoms with van der Waals surface area (Å²) in [4.78, 5) is 14.2. The molecule has 1 atom stereocenters. The molecule has 1 N–H and O–H groups in total. The van der Waals surface area contributed by atoms with Crippen molar-refractivity contribution in [3.8, 4) is 0 Å². The van der Waals surface area contributed by atoms with Crippen molar-refractivity contribution in [2.45, 2.75) is 25.8 Å². The largest absolute Gasteiger partial charge is 0.375 e. The molecule has 0 spiro atoms. The highest BCUT2D eigenvalue weighted by Crippen LogP contribution is 2.15. The summed E-state index contributed by atoms with van der Waals surface area (Å²) >= 11 is 0. The Hall–Kier alpha value is -1.56. The van der Waals surface area contributed by atoms with Gasteiger partial charge in [-0.3, -0.25) is 4.79 Å². The first-order valence-corrected chi connectivity index (χ1v) is 9.06. The van der Waals surface area contributed by atoms with Gasteiger partial charge in [-0.15, -0.1) is 0 Å². The van der Waals surface area contributed by atoms with E-state index in [-0.39, 0.29) is 23.5 Å². The zero-order valence-electron chi connectivity index (χ0n) is 12.5.